The first-order valence-corrected chi connectivity index (χ1v) is 13.8. The summed E-state index contributed by atoms with van der Waals surface area (Å²) in [6, 6.07) is -0.107. The lowest BCUT2D eigenvalue weighted by Gasteiger charge is -2.27. The minimum atomic E-state index is -0.717. The molecule has 2 bridgehead atoms. The number of cyclic esters (lactones) is 1. The van der Waals surface area contributed by atoms with Crippen LogP contribution in [0.15, 0.2) is 58.4 Å². The van der Waals surface area contributed by atoms with Crippen LogP contribution in [-0.4, -0.2) is 83.1 Å². The van der Waals surface area contributed by atoms with E-state index in [0.717, 1.165) is 5.57 Å². The molecule has 10 nitrogen and oxygen atoms in total. The summed E-state index contributed by atoms with van der Waals surface area (Å²) in [7, 11) is 3.82. The minimum Gasteiger partial charge on any atom is -0.457 e. The van der Waals surface area contributed by atoms with Crippen LogP contribution in [0.2, 0.25) is 0 Å². The molecule has 2 aliphatic rings. The van der Waals surface area contributed by atoms with Crippen LogP contribution in [0.1, 0.15) is 56.9 Å². The Hall–Kier alpha value is -3.50. The first-order chi connectivity index (χ1) is 19.0. The Bertz CT molecular complexity index is 1180. The van der Waals surface area contributed by atoms with Crippen LogP contribution in [0.3, 0.4) is 0 Å². The van der Waals surface area contributed by atoms with E-state index in [1.54, 1.807) is 18.2 Å². The molecule has 1 aromatic rings. The van der Waals surface area contributed by atoms with Gasteiger partial charge in [-0.2, -0.15) is 0 Å². The smallest absolute Gasteiger partial charge is 0.355 e. The number of ether oxygens (including phenoxy) is 1. The molecule has 1 aromatic heterocycles. The van der Waals surface area contributed by atoms with Crippen molar-refractivity contribution in [1.82, 2.24) is 20.1 Å². The van der Waals surface area contributed by atoms with Crippen molar-refractivity contribution >= 4 is 17.8 Å². The van der Waals surface area contributed by atoms with Crippen molar-refractivity contribution < 1.29 is 28.6 Å². The average Bonchev–Trinajstić information content (AvgIpc) is 3.57. The number of nitrogens with zero attached hydrogens (tertiary/aromatic N) is 3. The largest absolute Gasteiger partial charge is 0.457 e. The zero-order valence-electron chi connectivity index (χ0n) is 24.3. The van der Waals surface area contributed by atoms with Gasteiger partial charge in [0.05, 0.1) is 6.10 Å². The van der Waals surface area contributed by atoms with Crippen LogP contribution in [-0.2, 0) is 20.7 Å². The summed E-state index contributed by atoms with van der Waals surface area (Å²) >= 11 is 0. The standard InChI is InChI=1S/C30H42N4O6/c1-19(2)28-21(4)11-12-26(36)31-13-7-9-20(3)15-23(35)16-22(33(5)6)17-27-32-24(18-39-27)29(37)34-14-8-10-25(34)30(38)40-28/h7,9-12,15,18-19,21-23,28,35H,8,13-14,16-17H2,1-6H3,(H,31,36)/b9-7?,12-11+,20-15?/t21-,22-,23-,28?/m1/s1. The number of amides is 2. The summed E-state index contributed by atoms with van der Waals surface area (Å²) in [6.07, 6.45) is 11.7. The highest BCUT2D eigenvalue weighted by atomic mass is 16.5. The Labute approximate surface area is 236 Å². The van der Waals surface area contributed by atoms with Crippen molar-refractivity contribution in [1.29, 1.82) is 0 Å². The fraction of sp³-hybridized carbons (Fsp3) is 0.533. The van der Waals surface area contributed by atoms with Crippen LogP contribution in [0.25, 0.3) is 0 Å². The number of rotatable bonds is 2. The minimum absolute atomic E-state index is 0.0249. The number of aromatic nitrogens is 1. The zero-order valence-corrected chi connectivity index (χ0v) is 24.3. The van der Waals surface area contributed by atoms with Crippen LogP contribution in [0, 0.1) is 11.8 Å². The lowest BCUT2D eigenvalue weighted by atomic mass is 9.94. The molecule has 2 N–H and O–H groups in total. The molecular formula is C30H42N4O6. The Kier molecular flexibility index (Phi) is 11.0. The number of carbonyl (C=O) groups is 3. The summed E-state index contributed by atoms with van der Waals surface area (Å²) in [4.78, 5) is 46.7. The Morgan fingerprint density at radius 3 is 2.65 bits per heavy atom. The Balaban J connectivity index is 1.90. The summed E-state index contributed by atoms with van der Waals surface area (Å²) < 4.78 is 11.5. The third kappa shape index (κ3) is 8.50. The normalized spacial score (nSPS) is 26.7. The Morgan fingerprint density at radius 2 is 1.95 bits per heavy atom. The molecule has 2 aliphatic heterocycles. The SMILES string of the molecule is CC1=C[C@@H](O)C[C@@H](N(C)C)Cc2nc(co2)C(=O)N2CCC=C2C(=O)OC(C(C)C)[C@H](C)/C=C/C(=O)NCC=C1. The lowest BCUT2D eigenvalue weighted by molar-refractivity contribution is -0.149. The van der Waals surface area contributed by atoms with E-state index in [9.17, 15) is 19.5 Å². The molecular weight excluding hydrogens is 512 g/mol. The number of esters is 1. The number of hydrogen-bond donors (Lipinski definition) is 2. The number of allylic oxidation sites excluding steroid dienone is 2. The summed E-state index contributed by atoms with van der Waals surface area (Å²) in [5, 5.41) is 13.5. The highest BCUT2D eigenvalue weighted by Gasteiger charge is 2.33. The van der Waals surface area contributed by atoms with E-state index in [1.807, 2.05) is 58.8 Å². The van der Waals surface area contributed by atoms with Crippen molar-refractivity contribution in [2.45, 2.75) is 65.2 Å². The maximum absolute atomic E-state index is 13.3. The van der Waals surface area contributed by atoms with Gasteiger partial charge in [-0.05, 0) is 45.9 Å². The van der Waals surface area contributed by atoms with E-state index in [0.29, 0.717) is 38.2 Å². The third-order valence-corrected chi connectivity index (χ3v) is 7.06. The maximum atomic E-state index is 13.3. The van der Waals surface area contributed by atoms with Gasteiger partial charge in [-0.3, -0.25) is 9.59 Å². The van der Waals surface area contributed by atoms with Crippen molar-refractivity contribution in [2.24, 2.45) is 11.8 Å². The highest BCUT2D eigenvalue weighted by Crippen LogP contribution is 2.25. The molecule has 0 aliphatic carbocycles. The molecule has 218 valence electrons. The zero-order chi connectivity index (χ0) is 29.4. The topological polar surface area (TPSA) is 125 Å². The molecule has 0 saturated carbocycles. The number of likely N-dealkylation sites (N-methyl/N-ethyl adjacent to an activating group) is 1. The lowest BCUT2D eigenvalue weighted by Crippen LogP contribution is -2.36. The average molecular weight is 555 g/mol. The summed E-state index contributed by atoms with van der Waals surface area (Å²) in [6.45, 7) is 8.31. The van der Waals surface area contributed by atoms with Crippen LogP contribution >= 0.6 is 0 Å². The van der Waals surface area contributed by atoms with E-state index in [-0.39, 0.29) is 35.2 Å². The predicted molar refractivity (Wildman–Crippen MR) is 151 cm³/mol. The van der Waals surface area contributed by atoms with Gasteiger partial charge in [0.2, 0.25) is 5.91 Å². The number of aliphatic hydroxyl groups is 1. The number of nitrogens with one attached hydrogen (secondary N) is 1. The summed E-state index contributed by atoms with van der Waals surface area (Å²) in [5.74, 6) is -1.19. The van der Waals surface area contributed by atoms with Crippen molar-refractivity contribution in [3.8, 4) is 0 Å². The third-order valence-electron chi connectivity index (χ3n) is 7.06. The number of oxazole rings is 1. The van der Waals surface area contributed by atoms with E-state index in [2.05, 4.69) is 10.3 Å². The van der Waals surface area contributed by atoms with Crippen LogP contribution < -0.4 is 5.32 Å². The van der Waals surface area contributed by atoms with Gasteiger partial charge in [0, 0.05) is 31.5 Å². The maximum Gasteiger partial charge on any atom is 0.355 e. The molecule has 40 heavy (non-hydrogen) atoms. The first kappa shape index (κ1) is 31.0. The molecule has 0 fully saturated rings. The molecule has 0 saturated heterocycles. The van der Waals surface area contributed by atoms with E-state index in [1.165, 1.54) is 17.2 Å². The van der Waals surface area contributed by atoms with Gasteiger partial charge in [-0.1, -0.05) is 56.7 Å². The number of hydrogen-bond acceptors (Lipinski definition) is 8. The quantitative estimate of drug-likeness (QED) is 0.535. The highest BCUT2D eigenvalue weighted by molar-refractivity contribution is 6.00. The monoisotopic (exact) mass is 554 g/mol. The van der Waals surface area contributed by atoms with Crippen LogP contribution in [0.5, 0.6) is 0 Å². The van der Waals surface area contributed by atoms with Crippen molar-refractivity contribution in [3.05, 3.63) is 65.6 Å². The van der Waals surface area contributed by atoms with Gasteiger partial charge in [0.15, 0.2) is 11.6 Å². The van der Waals surface area contributed by atoms with E-state index in [4.69, 9.17) is 9.15 Å². The van der Waals surface area contributed by atoms with E-state index >= 15 is 0 Å². The first-order valence-electron chi connectivity index (χ1n) is 13.8. The molecule has 1 unspecified atom stereocenters. The molecule has 10 heteroatoms. The fourth-order valence-corrected chi connectivity index (χ4v) is 4.84. The number of aliphatic hydroxyl groups excluding tert-OH is 1. The number of carbonyl (C=O) groups excluding carboxylic acids is 3. The van der Waals surface area contributed by atoms with Crippen molar-refractivity contribution in [3.63, 3.8) is 0 Å². The molecule has 4 atom stereocenters. The second-order valence-electron chi connectivity index (χ2n) is 11.0. The number of fused-ring (bicyclic) bond motifs is 3. The van der Waals surface area contributed by atoms with Crippen molar-refractivity contribution in [2.75, 3.05) is 27.2 Å². The van der Waals surface area contributed by atoms with E-state index < -0.39 is 24.1 Å². The van der Waals surface area contributed by atoms with Gasteiger partial charge >= 0.3 is 5.97 Å². The molecule has 3 heterocycles. The van der Waals surface area contributed by atoms with Gasteiger partial charge in [0.1, 0.15) is 18.1 Å². The van der Waals surface area contributed by atoms with Gasteiger partial charge in [-0.25, -0.2) is 9.78 Å². The van der Waals surface area contributed by atoms with Gasteiger partial charge in [-0.15, -0.1) is 0 Å². The molecule has 0 spiro atoms. The second kappa shape index (κ2) is 14.2. The second-order valence-corrected chi connectivity index (χ2v) is 11.0. The van der Waals surface area contributed by atoms with Gasteiger partial charge in [0.25, 0.3) is 5.91 Å². The van der Waals surface area contributed by atoms with Gasteiger partial charge < -0.3 is 29.4 Å². The molecule has 0 radical (unpaired) electrons. The predicted octanol–water partition coefficient (Wildman–Crippen LogP) is 3.02. The Morgan fingerprint density at radius 1 is 1.20 bits per heavy atom. The summed E-state index contributed by atoms with van der Waals surface area (Å²) in [5.41, 5.74) is 1.15. The van der Waals surface area contributed by atoms with Crippen LogP contribution in [0.4, 0.5) is 0 Å². The molecule has 2 amide bonds. The molecule has 3 rings (SSSR count). The molecule has 0 aromatic carbocycles. The fourth-order valence-electron chi connectivity index (χ4n) is 4.84.